The van der Waals surface area contributed by atoms with E-state index in [2.05, 4.69) is 5.32 Å². The van der Waals surface area contributed by atoms with E-state index in [0.29, 0.717) is 47.0 Å². The molecule has 2 amide bonds. The highest BCUT2D eigenvalue weighted by molar-refractivity contribution is 7.92. The van der Waals surface area contributed by atoms with Gasteiger partial charge in [-0.2, -0.15) is 0 Å². The zero-order chi connectivity index (χ0) is 22.3. The van der Waals surface area contributed by atoms with E-state index in [1.54, 1.807) is 41.3 Å². The zero-order valence-corrected chi connectivity index (χ0v) is 19.0. The number of sulfonamides is 1. The van der Waals surface area contributed by atoms with Crippen molar-refractivity contribution < 1.29 is 18.0 Å². The van der Waals surface area contributed by atoms with Gasteiger partial charge in [-0.1, -0.05) is 11.6 Å². The molecule has 0 bridgehead atoms. The largest absolute Gasteiger partial charge is 0.339 e. The number of hydrogen-bond acceptors (Lipinski definition) is 4. The average molecular weight is 462 g/mol. The lowest BCUT2D eigenvalue weighted by Gasteiger charge is -2.22. The molecular formula is C22H24ClN3O4S. The number of benzene rings is 2. The summed E-state index contributed by atoms with van der Waals surface area (Å²) in [4.78, 5) is 27.6. The van der Waals surface area contributed by atoms with Gasteiger partial charge in [0.15, 0.2) is 0 Å². The number of amides is 2. The number of nitrogens with zero attached hydrogens (tertiary/aromatic N) is 2. The van der Waals surface area contributed by atoms with Crippen LogP contribution >= 0.6 is 11.6 Å². The van der Waals surface area contributed by atoms with Crippen molar-refractivity contribution in [2.75, 3.05) is 29.0 Å². The van der Waals surface area contributed by atoms with Crippen molar-refractivity contribution in [3.8, 4) is 0 Å². The van der Waals surface area contributed by atoms with Gasteiger partial charge in [-0.05, 0) is 68.1 Å². The van der Waals surface area contributed by atoms with Gasteiger partial charge >= 0.3 is 0 Å². The van der Waals surface area contributed by atoms with Crippen molar-refractivity contribution in [3.63, 3.8) is 0 Å². The molecule has 2 aliphatic rings. The molecule has 7 nitrogen and oxygen atoms in total. The molecule has 1 unspecified atom stereocenters. The van der Waals surface area contributed by atoms with Crippen LogP contribution in [0.1, 0.15) is 46.0 Å². The van der Waals surface area contributed by atoms with E-state index in [4.69, 9.17) is 11.6 Å². The molecule has 164 valence electrons. The molecule has 1 N–H and O–H groups in total. The number of hydrogen-bond donors (Lipinski definition) is 1. The maximum absolute atomic E-state index is 13.0. The Morgan fingerprint density at radius 1 is 1.10 bits per heavy atom. The molecule has 2 heterocycles. The Balaban J connectivity index is 1.60. The third kappa shape index (κ3) is 4.27. The quantitative estimate of drug-likeness (QED) is 0.754. The Morgan fingerprint density at radius 3 is 2.48 bits per heavy atom. The second-order valence-corrected chi connectivity index (χ2v) is 10.4. The van der Waals surface area contributed by atoms with Crippen molar-refractivity contribution in [2.45, 2.75) is 32.2 Å². The molecule has 1 atom stereocenters. The van der Waals surface area contributed by atoms with E-state index in [-0.39, 0.29) is 17.9 Å². The van der Waals surface area contributed by atoms with Crippen molar-refractivity contribution in [2.24, 2.45) is 0 Å². The smallest absolute Gasteiger partial charge is 0.256 e. The predicted molar refractivity (Wildman–Crippen MR) is 121 cm³/mol. The van der Waals surface area contributed by atoms with Crippen LogP contribution < -0.4 is 9.62 Å². The number of rotatable bonds is 4. The van der Waals surface area contributed by atoms with Crippen LogP contribution in [0.5, 0.6) is 0 Å². The second-order valence-electron chi connectivity index (χ2n) is 8.10. The van der Waals surface area contributed by atoms with Gasteiger partial charge in [0.1, 0.15) is 0 Å². The molecule has 0 aromatic heterocycles. The summed E-state index contributed by atoms with van der Waals surface area (Å²) in [6.45, 7) is 3.22. The highest BCUT2D eigenvalue weighted by Gasteiger charge is 2.33. The zero-order valence-electron chi connectivity index (χ0n) is 17.4. The van der Waals surface area contributed by atoms with Crippen molar-refractivity contribution in [1.29, 1.82) is 0 Å². The van der Waals surface area contributed by atoms with E-state index in [1.165, 1.54) is 10.6 Å². The van der Waals surface area contributed by atoms with Crippen LogP contribution in [0.2, 0.25) is 5.02 Å². The first-order valence-electron chi connectivity index (χ1n) is 10.2. The van der Waals surface area contributed by atoms with Gasteiger partial charge in [0.05, 0.1) is 23.2 Å². The lowest BCUT2D eigenvalue weighted by atomic mass is 10.1. The summed E-state index contributed by atoms with van der Waals surface area (Å²) in [7, 11) is -3.40. The van der Waals surface area contributed by atoms with E-state index in [0.717, 1.165) is 18.4 Å². The summed E-state index contributed by atoms with van der Waals surface area (Å²) < 4.78 is 25.6. The minimum Gasteiger partial charge on any atom is -0.339 e. The van der Waals surface area contributed by atoms with Gasteiger partial charge in [0.25, 0.3) is 11.8 Å². The summed E-state index contributed by atoms with van der Waals surface area (Å²) in [5, 5.41) is 3.25. The molecule has 4 rings (SSSR count). The van der Waals surface area contributed by atoms with E-state index >= 15 is 0 Å². The summed E-state index contributed by atoms with van der Waals surface area (Å²) in [5.41, 5.74) is 2.56. The molecule has 1 saturated heterocycles. The standard InChI is InChI=1S/C22H24ClN3O4S/c1-14-11-16-12-15(5-8-20(16)26(14)31(2,29)30)21(27)24-19-7-6-17(23)13-18(19)22(28)25-9-3-4-10-25/h5-8,12-14H,3-4,9-11H2,1-2H3,(H,24,27). The molecule has 0 radical (unpaired) electrons. The normalized spacial score (nSPS) is 18.2. The van der Waals surface area contributed by atoms with Crippen molar-refractivity contribution >= 4 is 44.8 Å². The fourth-order valence-electron chi connectivity index (χ4n) is 4.34. The van der Waals surface area contributed by atoms with Crippen LogP contribution in [-0.4, -0.2) is 50.5 Å². The van der Waals surface area contributed by atoms with Gasteiger partial charge in [-0.3, -0.25) is 13.9 Å². The van der Waals surface area contributed by atoms with Crippen LogP contribution in [0.15, 0.2) is 36.4 Å². The van der Waals surface area contributed by atoms with E-state index in [1.807, 2.05) is 6.92 Å². The SMILES string of the molecule is CC1Cc2cc(C(=O)Nc3ccc(Cl)cc3C(=O)N3CCCC3)ccc2N1S(C)(=O)=O. The van der Waals surface area contributed by atoms with Gasteiger partial charge in [0.2, 0.25) is 10.0 Å². The number of carbonyl (C=O) groups excluding carboxylic acids is 2. The Labute approximate surface area is 187 Å². The lowest BCUT2D eigenvalue weighted by Crippen LogP contribution is -2.34. The lowest BCUT2D eigenvalue weighted by molar-refractivity contribution is 0.0794. The van der Waals surface area contributed by atoms with Crippen LogP contribution in [-0.2, 0) is 16.4 Å². The molecule has 1 fully saturated rings. The van der Waals surface area contributed by atoms with Crippen LogP contribution in [0, 0.1) is 0 Å². The number of carbonyl (C=O) groups is 2. The Bertz CT molecular complexity index is 1160. The average Bonchev–Trinajstić information content (AvgIpc) is 3.34. The first kappa shape index (κ1) is 21.6. The molecule has 0 spiro atoms. The van der Waals surface area contributed by atoms with Gasteiger partial charge < -0.3 is 10.2 Å². The molecule has 9 heteroatoms. The second kappa shape index (κ2) is 8.16. The summed E-state index contributed by atoms with van der Waals surface area (Å²) >= 11 is 6.11. The minimum atomic E-state index is -3.40. The molecule has 2 aromatic rings. The Hall–Kier alpha value is -2.58. The number of halogens is 1. The van der Waals surface area contributed by atoms with Crippen LogP contribution in [0.25, 0.3) is 0 Å². The monoisotopic (exact) mass is 461 g/mol. The molecule has 31 heavy (non-hydrogen) atoms. The van der Waals surface area contributed by atoms with Crippen LogP contribution in [0.4, 0.5) is 11.4 Å². The number of fused-ring (bicyclic) bond motifs is 1. The van der Waals surface area contributed by atoms with Crippen molar-refractivity contribution in [1.82, 2.24) is 4.90 Å². The van der Waals surface area contributed by atoms with E-state index in [9.17, 15) is 18.0 Å². The van der Waals surface area contributed by atoms with Crippen LogP contribution in [0.3, 0.4) is 0 Å². The fourth-order valence-corrected chi connectivity index (χ4v) is 5.77. The first-order chi connectivity index (χ1) is 14.6. The highest BCUT2D eigenvalue weighted by Crippen LogP contribution is 2.35. The molecule has 2 aromatic carbocycles. The molecular weight excluding hydrogens is 438 g/mol. The van der Waals surface area contributed by atoms with Gasteiger partial charge in [0, 0.05) is 29.7 Å². The Morgan fingerprint density at radius 2 is 1.81 bits per heavy atom. The third-order valence-corrected chi connectivity index (χ3v) is 7.21. The van der Waals surface area contributed by atoms with Gasteiger partial charge in [-0.15, -0.1) is 0 Å². The number of nitrogens with one attached hydrogen (secondary N) is 1. The predicted octanol–water partition coefficient (Wildman–Crippen LogP) is 3.54. The number of likely N-dealkylation sites (tertiary alicyclic amines) is 1. The van der Waals surface area contributed by atoms with Gasteiger partial charge in [-0.25, -0.2) is 8.42 Å². The fraction of sp³-hybridized carbons (Fsp3) is 0.364. The summed E-state index contributed by atoms with van der Waals surface area (Å²) in [6.07, 6.45) is 3.64. The van der Waals surface area contributed by atoms with E-state index < -0.39 is 10.0 Å². The maximum Gasteiger partial charge on any atom is 0.256 e. The maximum atomic E-state index is 13.0. The molecule has 0 aliphatic carbocycles. The summed E-state index contributed by atoms with van der Waals surface area (Å²) in [6, 6.07) is 9.60. The highest BCUT2D eigenvalue weighted by atomic mass is 35.5. The number of anilines is 2. The van der Waals surface area contributed by atoms with Crippen molar-refractivity contribution in [3.05, 3.63) is 58.1 Å². The minimum absolute atomic E-state index is 0.151. The Kier molecular flexibility index (Phi) is 5.70. The topological polar surface area (TPSA) is 86.8 Å². The first-order valence-corrected chi connectivity index (χ1v) is 12.4. The summed E-state index contributed by atoms with van der Waals surface area (Å²) in [5.74, 6) is -0.520. The molecule has 2 aliphatic heterocycles. The third-order valence-electron chi connectivity index (χ3n) is 5.71. The molecule has 0 saturated carbocycles.